The Morgan fingerprint density at radius 1 is 0.588 bits per heavy atom. The van der Waals surface area contributed by atoms with Crippen LogP contribution in [0.3, 0.4) is 0 Å². The van der Waals surface area contributed by atoms with E-state index in [1.165, 1.54) is 0 Å². The van der Waals surface area contributed by atoms with E-state index in [0.717, 1.165) is 27.8 Å². The van der Waals surface area contributed by atoms with Crippen molar-refractivity contribution in [1.82, 2.24) is 0 Å². The maximum Gasteiger partial charge on any atom is 0.287 e. The van der Waals surface area contributed by atoms with Crippen LogP contribution in [0, 0.1) is 13.8 Å². The molecule has 0 fully saturated rings. The molecule has 0 aromatic heterocycles. The Labute approximate surface area is 204 Å². The first-order valence-electron chi connectivity index (χ1n) is 11.5. The largest absolute Gasteiger partial charge is 0.310 e. The molecule has 0 amide bonds. The molecule has 4 aromatic rings. The third-order valence-electron chi connectivity index (χ3n) is 5.88. The van der Waals surface area contributed by atoms with Crippen LogP contribution in [0.5, 0.6) is 0 Å². The third-order valence-corrected chi connectivity index (χ3v) is 12.1. The van der Waals surface area contributed by atoms with E-state index in [1.807, 2.05) is 74.5 Å². The van der Waals surface area contributed by atoms with Crippen molar-refractivity contribution in [2.75, 3.05) is 0 Å². The first-order valence-corrected chi connectivity index (χ1v) is 15.4. The number of rotatable bonds is 9. The van der Waals surface area contributed by atoms with Crippen LogP contribution in [-0.2, 0) is 32.1 Å². The van der Waals surface area contributed by atoms with Gasteiger partial charge in [0.05, 0.1) is 4.90 Å². The molecular formula is C29H30O3SSi. The Balaban J connectivity index is 1.82. The molecule has 3 nitrogen and oxygen atoms in total. The van der Waals surface area contributed by atoms with E-state index in [0.29, 0.717) is 18.1 Å². The van der Waals surface area contributed by atoms with Crippen molar-refractivity contribution in [3.63, 3.8) is 0 Å². The Morgan fingerprint density at radius 3 is 1.29 bits per heavy atom. The summed E-state index contributed by atoms with van der Waals surface area (Å²) in [6, 6.07) is 37.5. The Bertz CT molecular complexity index is 1200. The highest BCUT2D eigenvalue weighted by Gasteiger charge is 2.41. The summed E-state index contributed by atoms with van der Waals surface area (Å²) in [5, 5.41) is 0. The highest BCUT2D eigenvalue weighted by Crippen LogP contribution is 2.29. The highest BCUT2D eigenvalue weighted by molar-refractivity contribution is 7.87. The molecule has 0 aliphatic carbocycles. The Hall–Kier alpha value is -2.99. The van der Waals surface area contributed by atoms with Gasteiger partial charge in [0.1, 0.15) is 0 Å². The van der Waals surface area contributed by atoms with Gasteiger partial charge in [0, 0.05) is 0 Å². The SMILES string of the molecule is Cc1cc(C)cc(S(=O)(=O)O[Si](Cc2ccccc2)(Cc2ccccc2)Cc2ccccc2)c1. The molecule has 0 saturated carbocycles. The van der Waals surface area contributed by atoms with E-state index in [9.17, 15) is 8.42 Å². The van der Waals surface area contributed by atoms with E-state index in [1.54, 1.807) is 12.1 Å². The minimum Gasteiger partial charge on any atom is -0.310 e. The van der Waals surface area contributed by atoms with E-state index >= 15 is 0 Å². The molecule has 34 heavy (non-hydrogen) atoms. The molecule has 0 atom stereocenters. The van der Waals surface area contributed by atoms with Crippen LogP contribution in [0.1, 0.15) is 27.8 Å². The molecule has 4 rings (SSSR count). The maximum atomic E-state index is 13.7. The summed E-state index contributed by atoms with van der Waals surface area (Å²) < 4.78 is 33.9. The summed E-state index contributed by atoms with van der Waals surface area (Å²) in [4.78, 5) is 0.232. The van der Waals surface area contributed by atoms with Gasteiger partial charge in [-0.2, -0.15) is 8.42 Å². The van der Waals surface area contributed by atoms with Crippen molar-refractivity contribution >= 4 is 18.4 Å². The van der Waals surface area contributed by atoms with Gasteiger partial charge >= 0.3 is 0 Å². The van der Waals surface area contributed by atoms with Crippen molar-refractivity contribution in [1.29, 1.82) is 0 Å². The molecule has 0 aliphatic heterocycles. The predicted octanol–water partition coefficient (Wildman–Crippen LogP) is 6.30. The van der Waals surface area contributed by atoms with Gasteiger partial charge in [-0.25, -0.2) is 0 Å². The summed E-state index contributed by atoms with van der Waals surface area (Å²) in [7, 11) is -6.92. The smallest absolute Gasteiger partial charge is 0.287 e. The lowest BCUT2D eigenvalue weighted by atomic mass is 10.2. The van der Waals surface area contributed by atoms with Crippen LogP contribution in [0.2, 0.25) is 0 Å². The molecule has 0 saturated heterocycles. The Kier molecular flexibility index (Phi) is 7.46. The third kappa shape index (κ3) is 6.32. The zero-order chi connectivity index (χ0) is 24.0. The van der Waals surface area contributed by atoms with E-state index in [2.05, 4.69) is 36.4 Å². The zero-order valence-electron chi connectivity index (χ0n) is 19.6. The highest BCUT2D eigenvalue weighted by atomic mass is 32.2. The van der Waals surface area contributed by atoms with Crippen LogP contribution in [-0.4, -0.2) is 16.7 Å². The molecule has 4 aromatic carbocycles. The summed E-state index contributed by atoms with van der Waals surface area (Å²) >= 11 is 0. The molecular weight excluding hydrogens is 456 g/mol. The Morgan fingerprint density at radius 2 is 0.941 bits per heavy atom. The second-order valence-electron chi connectivity index (χ2n) is 9.03. The van der Waals surface area contributed by atoms with Crippen molar-refractivity contribution < 1.29 is 12.3 Å². The average molecular weight is 487 g/mol. The fourth-order valence-electron chi connectivity index (χ4n) is 4.54. The number of benzene rings is 4. The second-order valence-corrected chi connectivity index (χ2v) is 14.5. The van der Waals surface area contributed by atoms with Crippen molar-refractivity contribution in [2.45, 2.75) is 36.9 Å². The van der Waals surface area contributed by atoms with Gasteiger partial charge in [0.2, 0.25) is 8.32 Å². The van der Waals surface area contributed by atoms with Crippen LogP contribution >= 0.6 is 0 Å². The first kappa shape index (κ1) is 24.1. The van der Waals surface area contributed by atoms with Gasteiger partial charge in [0.15, 0.2) is 0 Å². The molecule has 174 valence electrons. The molecule has 0 aliphatic rings. The van der Waals surface area contributed by atoms with Crippen LogP contribution in [0.4, 0.5) is 0 Å². The van der Waals surface area contributed by atoms with Gasteiger partial charge < -0.3 is 3.87 Å². The van der Waals surface area contributed by atoms with Crippen molar-refractivity contribution in [3.05, 3.63) is 137 Å². The van der Waals surface area contributed by atoms with Gasteiger partial charge in [-0.1, -0.05) is 97.1 Å². The predicted molar refractivity (Wildman–Crippen MR) is 140 cm³/mol. The van der Waals surface area contributed by atoms with Crippen LogP contribution < -0.4 is 0 Å². The number of aryl methyl sites for hydroxylation is 2. The standard InChI is InChI=1S/C29H30O3SSi/c1-24-18-25(2)20-29(19-24)33(30,31)32-34(21-26-12-6-3-7-13-26,22-27-14-8-4-9-15-27)23-28-16-10-5-11-17-28/h3-20H,21-23H2,1-2H3. The summed E-state index contributed by atoms with van der Waals surface area (Å²) in [5.74, 6) is 0. The molecule has 0 spiro atoms. The minimum atomic E-state index is -3.96. The maximum absolute atomic E-state index is 13.7. The molecule has 0 N–H and O–H groups in total. The molecule has 5 heteroatoms. The normalized spacial score (nSPS) is 11.9. The molecule has 0 heterocycles. The molecule has 0 bridgehead atoms. The molecule has 0 radical (unpaired) electrons. The van der Waals surface area contributed by atoms with Crippen molar-refractivity contribution in [2.24, 2.45) is 0 Å². The zero-order valence-corrected chi connectivity index (χ0v) is 21.5. The summed E-state index contributed by atoms with van der Waals surface area (Å²) in [5.41, 5.74) is 5.09. The lowest BCUT2D eigenvalue weighted by Crippen LogP contribution is -2.49. The van der Waals surface area contributed by atoms with Gasteiger partial charge in [-0.15, -0.1) is 0 Å². The average Bonchev–Trinajstić information content (AvgIpc) is 2.80. The second kappa shape index (κ2) is 10.5. The van der Waals surface area contributed by atoms with E-state index in [4.69, 9.17) is 3.87 Å². The fourth-order valence-corrected chi connectivity index (χ4v) is 11.5. The monoisotopic (exact) mass is 486 g/mol. The number of hydrogen-bond donors (Lipinski definition) is 0. The van der Waals surface area contributed by atoms with E-state index in [-0.39, 0.29) is 4.90 Å². The molecule has 0 unspecified atom stereocenters. The minimum absolute atomic E-state index is 0.232. The fraction of sp³-hybridized carbons (Fsp3) is 0.172. The first-order chi connectivity index (χ1) is 16.3. The lowest BCUT2D eigenvalue weighted by molar-refractivity contribution is 0.471. The van der Waals surface area contributed by atoms with Gasteiger partial charge in [0.25, 0.3) is 10.1 Å². The van der Waals surface area contributed by atoms with Crippen molar-refractivity contribution in [3.8, 4) is 0 Å². The number of hydrogen-bond acceptors (Lipinski definition) is 3. The van der Waals surface area contributed by atoms with Crippen LogP contribution in [0.15, 0.2) is 114 Å². The van der Waals surface area contributed by atoms with E-state index < -0.39 is 18.4 Å². The summed E-state index contributed by atoms with van der Waals surface area (Å²) in [6.45, 7) is 3.82. The van der Waals surface area contributed by atoms with Gasteiger partial charge in [-0.3, -0.25) is 0 Å². The van der Waals surface area contributed by atoms with Gasteiger partial charge in [-0.05, 0) is 71.9 Å². The topological polar surface area (TPSA) is 43.4 Å². The quantitative estimate of drug-likeness (QED) is 0.261. The lowest BCUT2D eigenvalue weighted by Gasteiger charge is -2.31. The summed E-state index contributed by atoms with van der Waals surface area (Å²) in [6.07, 6.45) is 0. The van der Waals surface area contributed by atoms with Crippen LogP contribution in [0.25, 0.3) is 0 Å².